The summed E-state index contributed by atoms with van der Waals surface area (Å²) in [7, 11) is 4.29. The van der Waals surface area contributed by atoms with Gasteiger partial charge in [-0.1, -0.05) is 136 Å². The van der Waals surface area contributed by atoms with Gasteiger partial charge in [0.25, 0.3) is 0 Å². The number of carbonyl (C=O) groups is 1. The van der Waals surface area contributed by atoms with E-state index in [0.717, 1.165) is 12.8 Å². The van der Waals surface area contributed by atoms with E-state index in [1.807, 2.05) is 0 Å². The summed E-state index contributed by atoms with van der Waals surface area (Å²) in [5, 5.41) is 8.52. The Morgan fingerprint density at radius 2 is 0.812 bits per heavy atom. The first-order valence-electron chi connectivity index (χ1n) is 13.9. The molecule has 0 aliphatic rings. The Kier molecular flexibility index (Phi) is 37.7. The summed E-state index contributed by atoms with van der Waals surface area (Å²) in [6, 6.07) is 0. The van der Waals surface area contributed by atoms with Crippen molar-refractivity contribution in [2.45, 2.75) is 155 Å². The minimum atomic E-state index is -0.653. The number of hydrogen-bond acceptors (Lipinski definition) is 2. The van der Waals surface area contributed by atoms with E-state index in [9.17, 15) is 4.79 Å². The topological polar surface area (TPSA) is 40.5 Å². The average Bonchev–Trinajstić information content (AvgIpc) is 2.73. The predicted molar refractivity (Wildman–Crippen MR) is 149 cm³/mol. The normalized spacial score (nSPS) is 10.5. The van der Waals surface area contributed by atoms with Crippen LogP contribution >= 0.6 is 17.0 Å². The van der Waals surface area contributed by atoms with Gasteiger partial charge in [0.15, 0.2) is 0 Å². The van der Waals surface area contributed by atoms with Crippen LogP contribution in [-0.4, -0.2) is 36.6 Å². The highest BCUT2D eigenvalue weighted by atomic mass is 79.9. The molecule has 0 amide bonds. The quantitative estimate of drug-likeness (QED) is 0.136. The molecule has 0 fully saturated rings. The third-order valence-electron chi connectivity index (χ3n) is 5.95. The van der Waals surface area contributed by atoms with E-state index in [2.05, 4.69) is 32.8 Å². The van der Waals surface area contributed by atoms with Crippen molar-refractivity contribution in [3.8, 4) is 0 Å². The highest BCUT2D eigenvalue weighted by molar-refractivity contribution is 8.93. The van der Waals surface area contributed by atoms with Crippen molar-refractivity contribution in [3.63, 3.8) is 0 Å². The highest BCUT2D eigenvalue weighted by Gasteiger charge is 1.97. The van der Waals surface area contributed by atoms with E-state index in [0.29, 0.717) is 6.42 Å². The van der Waals surface area contributed by atoms with Crippen molar-refractivity contribution in [2.75, 3.05) is 20.6 Å². The lowest BCUT2D eigenvalue weighted by atomic mass is 10.0. The van der Waals surface area contributed by atoms with Gasteiger partial charge in [0.2, 0.25) is 0 Å². The number of nitrogens with zero attached hydrogens (tertiary/aromatic N) is 1. The minimum Gasteiger partial charge on any atom is -0.481 e. The summed E-state index contributed by atoms with van der Waals surface area (Å²) in [6.45, 7) is 5.79. The van der Waals surface area contributed by atoms with E-state index < -0.39 is 5.97 Å². The second kappa shape index (κ2) is 33.1. The van der Waals surface area contributed by atoms with Crippen molar-refractivity contribution >= 4 is 23.0 Å². The van der Waals surface area contributed by atoms with Crippen LogP contribution < -0.4 is 0 Å². The van der Waals surface area contributed by atoms with E-state index in [1.54, 1.807) is 0 Å². The van der Waals surface area contributed by atoms with Crippen LogP contribution in [0.3, 0.4) is 0 Å². The molecular weight excluding hydrogens is 462 g/mol. The van der Waals surface area contributed by atoms with E-state index in [4.69, 9.17) is 5.11 Å². The van der Waals surface area contributed by atoms with Gasteiger partial charge in [-0.05, 0) is 33.5 Å². The van der Waals surface area contributed by atoms with Crippen molar-refractivity contribution in [1.82, 2.24) is 4.90 Å². The molecule has 3 nitrogen and oxygen atoms in total. The van der Waals surface area contributed by atoms with Gasteiger partial charge in [-0.3, -0.25) is 4.79 Å². The molecule has 0 bridgehead atoms. The lowest BCUT2D eigenvalue weighted by Gasteiger charge is -2.08. The van der Waals surface area contributed by atoms with Gasteiger partial charge >= 0.3 is 5.97 Å². The largest absolute Gasteiger partial charge is 0.481 e. The molecule has 0 saturated carbocycles. The zero-order valence-corrected chi connectivity index (χ0v) is 24.2. The third kappa shape index (κ3) is 40.3. The molecular formula is C28H60BrNO2. The summed E-state index contributed by atoms with van der Waals surface area (Å²) in [5.74, 6) is -0.653. The van der Waals surface area contributed by atoms with Crippen LogP contribution in [0.1, 0.15) is 155 Å². The molecule has 0 aromatic rings. The summed E-state index contributed by atoms with van der Waals surface area (Å²) in [4.78, 5) is 12.6. The first-order valence-corrected chi connectivity index (χ1v) is 13.9. The maximum Gasteiger partial charge on any atom is 0.303 e. The average molecular weight is 523 g/mol. The summed E-state index contributed by atoms with van der Waals surface area (Å²) < 4.78 is 0. The van der Waals surface area contributed by atoms with Gasteiger partial charge < -0.3 is 10.0 Å². The van der Waals surface area contributed by atoms with Crippen LogP contribution in [-0.2, 0) is 4.79 Å². The lowest BCUT2D eigenvalue weighted by Crippen LogP contribution is -2.12. The zero-order valence-electron chi connectivity index (χ0n) is 22.5. The van der Waals surface area contributed by atoms with Gasteiger partial charge in [0.1, 0.15) is 0 Å². The first kappa shape index (κ1) is 36.5. The van der Waals surface area contributed by atoms with Crippen molar-refractivity contribution in [1.29, 1.82) is 0 Å². The van der Waals surface area contributed by atoms with Gasteiger partial charge in [-0.2, -0.15) is 0 Å². The molecule has 0 aromatic heterocycles. The predicted octanol–water partition coefficient (Wildman–Crippen LogP) is 9.82. The highest BCUT2D eigenvalue weighted by Crippen LogP contribution is 2.13. The van der Waals surface area contributed by atoms with Gasteiger partial charge in [-0.15, -0.1) is 17.0 Å². The van der Waals surface area contributed by atoms with Crippen LogP contribution in [0.15, 0.2) is 0 Å². The molecule has 0 spiro atoms. The number of rotatable bonds is 23. The zero-order chi connectivity index (χ0) is 23.4. The summed E-state index contributed by atoms with van der Waals surface area (Å²) in [6.07, 6.45) is 28.6. The smallest absolute Gasteiger partial charge is 0.303 e. The van der Waals surface area contributed by atoms with Crippen LogP contribution in [0.4, 0.5) is 0 Å². The number of hydrogen-bond donors (Lipinski definition) is 1. The SMILES string of the molecule is Br.CCCCCCCCCCCCCCCCCC(=O)O.CCCCCCCCN(C)C. The van der Waals surface area contributed by atoms with Crippen LogP contribution in [0, 0.1) is 0 Å². The van der Waals surface area contributed by atoms with Crippen molar-refractivity contribution < 1.29 is 9.90 Å². The van der Waals surface area contributed by atoms with Crippen molar-refractivity contribution in [3.05, 3.63) is 0 Å². The molecule has 196 valence electrons. The van der Waals surface area contributed by atoms with E-state index >= 15 is 0 Å². The summed E-state index contributed by atoms with van der Waals surface area (Å²) >= 11 is 0. The molecule has 0 heterocycles. The molecule has 4 heteroatoms. The molecule has 0 aromatic carbocycles. The number of unbranched alkanes of at least 4 members (excludes halogenated alkanes) is 19. The Bertz CT molecular complexity index is 337. The second-order valence-corrected chi connectivity index (χ2v) is 9.66. The Balaban J connectivity index is -0.000000597. The molecule has 0 unspecified atom stereocenters. The van der Waals surface area contributed by atoms with E-state index in [1.165, 1.54) is 129 Å². The lowest BCUT2D eigenvalue weighted by molar-refractivity contribution is -0.137. The Morgan fingerprint density at radius 1 is 0.531 bits per heavy atom. The van der Waals surface area contributed by atoms with Gasteiger partial charge in [0, 0.05) is 6.42 Å². The molecule has 32 heavy (non-hydrogen) atoms. The van der Waals surface area contributed by atoms with E-state index in [-0.39, 0.29) is 17.0 Å². The van der Waals surface area contributed by atoms with Crippen LogP contribution in [0.25, 0.3) is 0 Å². The fourth-order valence-electron chi connectivity index (χ4n) is 3.86. The second-order valence-electron chi connectivity index (χ2n) is 9.66. The Labute approximate surface area is 213 Å². The number of carboxylic acid groups (broad SMARTS) is 1. The Hall–Kier alpha value is -0.0900. The molecule has 0 saturated heterocycles. The van der Waals surface area contributed by atoms with Crippen LogP contribution in [0.5, 0.6) is 0 Å². The molecule has 0 aliphatic heterocycles. The van der Waals surface area contributed by atoms with Gasteiger partial charge in [0.05, 0.1) is 0 Å². The monoisotopic (exact) mass is 521 g/mol. The molecule has 0 aliphatic carbocycles. The minimum absolute atomic E-state index is 0. The van der Waals surface area contributed by atoms with Gasteiger partial charge in [-0.25, -0.2) is 0 Å². The first-order chi connectivity index (χ1) is 15.0. The maximum absolute atomic E-state index is 10.3. The molecule has 0 radical (unpaired) electrons. The number of aliphatic carboxylic acids is 1. The summed E-state index contributed by atoms with van der Waals surface area (Å²) in [5.41, 5.74) is 0. The standard InChI is InChI=1S/C18H36O2.C10H23N.BrH/c1-2-3-4-5-6-7-8-9-10-11-12-13-14-15-16-17-18(19)20;1-4-5-6-7-8-9-10-11(2)3;/h2-17H2,1H3,(H,19,20);4-10H2,1-3H3;1H. The van der Waals surface area contributed by atoms with Crippen molar-refractivity contribution in [2.24, 2.45) is 0 Å². The molecule has 1 N–H and O–H groups in total. The van der Waals surface area contributed by atoms with Crippen LogP contribution in [0.2, 0.25) is 0 Å². The fourth-order valence-corrected chi connectivity index (χ4v) is 3.86. The third-order valence-corrected chi connectivity index (χ3v) is 5.95. The number of carboxylic acids is 1. The molecule has 0 rings (SSSR count). The molecule has 0 atom stereocenters. The fraction of sp³-hybridized carbons (Fsp3) is 0.964. The maximum atomic E-state index is 10.3. The number of halogens is 1. The Morgan fingerprint density at radius 3 is 1.09 bits per heavy atom.